The maximum Gasteiger partial charge on any atom is 0.271 e. The van der Waals surface area contributed by atoms with Gasteiger partial charge in [0.1, 0.15) is 5.75 Å². The summed E-state index contributed by atoms with van der Waals surface area (Å²) in [4.78, 5) is 23.3. The predicted octanol–water partition coefficient (Wildman–Crippen LogP) is 5.80. The fraction of sp³-hybridized carbons (Fsp3) is 0.192. The smallest absolute Gasteiger partial charge is 0.271 e. The second-order valence-corrected chi connectivity index (χ2v) is 9.69. The molecule has 0 aliphatic carbocycles. The van der Waals surface area contributed by atoms with Gasteiger partial charge in [0.15, 0.2) is 11.0 Å². The molecule has 1 aromatic heterocycles. The summed E-state index contributed by atoms with van der Waals surface area (Å²) in [5.74, 6) is 1.04. The van der Waals surface area contributed by atoms with Gasteiger partial charge in [-0.05, 0) is 61.4 Å². The minimum Gasteiger partial charge on any atom is -0.497 e. The maximum atomic E-state index is 12.7. The molecule has 4 rings (SSSR count). The summed E-state index contributed by atoms with van der Waals surface area (Å²) in [7, 11) is 1.60. The number of nitro benzene ring substituents is 1. The van der Waals surface area contributed by atoms with Crippen molar-refractivity contribution in [1.29, 1.82) is 0 Å². The number of benzene rings is 3. The number of thioether (sulfide) groups is 1. The molecule has 0 spiro atoms. The fourth-order valence-corrected chi connectivity index (χ4v) is 4.51. The molecular weight excluding hydrogens is 528 g/mol. The molecule has 0 radical (unpaired) electrons. The summed E-state index contributed by atoms with van der Waals surface area (Å²) in [6, 6.07) is 17.5. The minimum absolute atomic E-state index is 0.0252. The molecule has 0 saturated heterocycles. The average Bonchev–Trinajstić information content (AvgIpc) is 3.32. The number of nitrogens with one attached hydrogen (secondary N) is 2. The summed E-state index contributed by atoms with van der Waals surface area (Å²) in [6.07, 6.45) is 0. The van der Waals surface area contributed by atoms with Gasteiger partial charge < -0.3 is 15.4 Å². The monoisotopic (exact) mass is 552 g/mol. The third-order valence-electron chi connectivity index (χ3n) is 5.69. The Hall–Kier alpha value is -4.09. The van der Waals surface area contributed by atoms with E-state index in [2.05, 4.69) is 20.8 Å². The van der Waals surface area contributed by atoms with Gasteiger partial charge in [-0.3, -0.25) is 19.5 Å². The van der Waals surface area contributed by atoms with Crippen LogP contribution in [0.5, 0.6) is 5.75 Å². The van der Waals surface area contributed by atoms with Crippen molar-refractivity contribution in [3.8, 4) is 11.4 Å². The number of ether oxygens (including phenoxy) is 1. The Kier molecular flexibility index (Phi) is 8.49. The van der Waals surface area contributed by atoms with Crippen LogP contribution in [0.15, 0.2) is 65.8 Å². The molecule has 196 valence electrons. The molecule has 0 unspecified atom stereocenters. The van der Waals surface area contributed by atoms with Crippen LogP contribution in [0.25, 0.3) is 5.69 Å². The highest BCUT2D eigenvalue weighted by atomic mass is 35.5. The number of amides is 1. The Balaban J connectivity index is 1.53. The minimum atomic E-state index is -0.499. The van der Waals surface area contributed by atoms with Gasteiger partial charge in [0.05, 0.1) is 30.0 Å². The number of aryl methyl sites for hydroxylation is 2. The van der Waals surface area contributed by atoms with E-state index < -0.39 is 4.92 Å². The number of methoxy groups -OCH3 is 1. The van der Waals surface area contributed by atoms with Crippen molar-refractivity contribution in [2.24, 2.45) is 0 Å². The van der Waals surface area contributed by atoms with Crippen molar-refractivity contribution in [2.75, 3.05) is 23.5 Å². The Morgan fingerprint density at radius 3 is 2.50 bits per heavy atom. The molecule has 4 aromatic rings. The number of rotatable bonds is 10. The van der Waals surface area contributed by atoms with Gasteiger partial charge in [-0.15, -0.1) is 10.2 Å². The molecule has 0 fully saturated rings. The molecule has 0 atom stereocenters. The zero-order valence-corrected chi connectivity index (χ0v) is 22.5. The zero-order valence-electron chi connectivity index (χ0n) is 20.9. The van der Waals surface area contributed by atoms with Crippen molar-refractivity contribution in [3.63, 3.8) is 0 Å². The van der Waals surface area contributed by atoms with E-state index in [4.69, 9.17) is 16.3 Å². The number of carbonyl (C=O) groups is 1. The molecule has 38 heavy (non-hydrogen) atoms. The van der Waals surface area contributed by atoms with Crippen molar-refractivity contribution in [2.45, 2.75) is 25.5 Å². The lowest BCUT2D eigenvalue weighted by Gasteiger charge is -2.13. The molecule has 2 N–H and O–H groups in total. The van der Waals surface area contributed by atoms with Crippen molar-refractivity contribution >= 4 is 46.3 Å². The molecule has 3 aromatic carbocycles. The first kappa shape index (κ1) is 27.0. The number of anilines is 2. The first-order valence-corrected chi connectivity index (χ1v) is 12.9. The fourth-order valence-electron chi connectivity index (χ4n) is 3.56. The van der Waals surface area contributed by atoms with E-state index in [-0.39, 0.29) is 17.3 Å². The van der Waals surface area contributed by atoms with Crippen LogP contribution in [0, 0.1) is 24.0 Å². The van der Waals surface area contributed by atoms with E-state index in [9.17, 15) is 14.9 Å². The van der Waals surface area contributed by atoms with Crippen LogP contribution in [-0.2, 0) is 11.3 Å². The third-order valence-corrected chi connectivity index (χ3v) is 7.03. The molecule has 1 heterocycles. The van der Waals surface area contributed by atoms with Crippen LogP contribution < -0.4 is 15.4 Å². The lowest BCUT2D eigenvalue weighted by Crippen LogP contribution is -2.15. The van der Waals surface area contributed by atoms with Crippen LogP contribution in [-0.4, -0.2) is 38.5 Å². The first-order chi connectivity index (χ1) is 18.2. The number of halogens is 1. The summed E-state index contributed by atoms with van der Waals surface area (Å²) in [5, 5.41) is 27.0. The topological polar surface area (TPSA) is 124 Å². The second-order valence-electron chi connectivity index (χ2n) is 8.34. The standard InChI is InChI=1S/C26H25ClN6O4S/c1-16-4-6-18(12-22(16)27)28-14-24-30-31-26(32(24)19-8-10-21(37-3)11-9-19)38-15-25(34)29-23-13-20(33(35)36)7-5-17(23)2/h4-13,28H,14-15H2,1-3H3,(H,29,34). The molecule has 0 bridgehead atoms. The Bertz CT molecular complexity index is 1480. The highest BCUT2D eigenvalue weighted by Gasteiger charge is 2.17. The predicted molar refractivity (Wildman–Crippen MR) is 149 cm³/mol. The quantitative estimate of drug-likeness (QED) is 0.144. The molecule has 10 nitrogen and oxygen atoms in total. The van der Waals surface area contributed by atoms with Gasteiger partial charge in [0.25, 0.3) is 5.69 Å². The third kappa shape index (κ3) is 6.42. The lowest BCUT2D eigenvalue weighted by molar-refractivity contribution is -0.384. The van der Waals surface area contributed by atoms with Crippen LogP contribution in [0.2, 0.25) is 5.02 Å². The van der Waals surface area contributed by atoms with E-state index in [1.165, 1.54) is 23.9 Å². The summed E-state index contributed by atoms with van der Waals surface area (Å²) >= 11 is 7.46. The largest absolute Gasteiger partial charge is 0.497 e. The molecular formula is C26H25ClN6O4S. The van der Waals surface area contributed by atoms with E-state index in [1.807, 2.05) is 54.0 Å². The highest BCUT2D eigenvalue weighted by molar-refractivity contribution is 7.99. The van der Waals surface area contributed by atoms with E-state index >= 15 is 0 Å². The van der Waals surface area contributed by atoms with Crippen molar-refractivity contribution < 1.29 is 14.5 Å². The average molecular weight is 553 g/mol. The van der Waals surface area contributed by atoms with Crippen LogP contribution in [0.3, 0.4) is 0 Å². The SMILES string of the molecule is COc1ccc(-n2c(CNc3ccc(C)c(Cl)c3)nnc2SCC(=O)Nc2cc([N+](=O)[O-])ccc2C)cc1. The first-order valence-electron chi connectivity index (χ1n) is 11.5. The number of nitrogens with zero attached hydrogens (tertiary/aromatic N) is 4. The normalized spacial score (nSPS) is 10.7. The van der Waals surface area contributed by atoms with Gasteiger partial charge in [0, 0.05) is 28.5 Å². The van der Waals surface area contributed by atoms with Crippen molar-refractivity contribution in [1.82, 2.24) is 14.8 Å². The van der Waals surface area contributed by atoms with Gasteiger partial charge in [-0.25, -0.2) is 0 Å². The summed E-state index contributed by atoms with van der Waals surface area (Å²) in [6.45, 7) is 4.07. The molecule has 0 saturated carbocycles. The van der Waals surface area contributed by atoms with E-state index in [0.717, 1.165) is 22.5 Å². The molecule has 0 aliphatic heterocycles. The van der Waals surface area contributed by atoms with E-state index in [1.54, 1.807) is 20.1 Å². The summed E-state index contributed by atoms with van der Waals surface area (Å²) in [5.41, 5.74) is 3.64. The number of hydrogen-bond donors (Lipinski definition) is 2. The van der Waals surface area contributed by atoms with Gasteiger partial charge in [-0.2, -0.15) is 0 Å². The summed E-state index contributed by atoms with van der Waals surface area (Å²) < 4.78 is 7.14. The number of aromatic nitrogens is 3. The molecule has 0 aliphatic rings. The van der Waals surface area contributed by atoms with Gasteiger partial charge in [0.2, 0.25) is 5.91 Å². The second kappa shape index (κ2) is 12.0. The maximum absolute atomic E-state index is 12.7. The number of hydrogen-bond acceptors (Lipinski definition) is 8. The van der Waals surface area contributed by atoms with Crippen molar-refractivity contribution in [3.05, 3.63) is 92.8 Å². The lowest BCUT2D eigenvalue weighted by atomic mass is 10.2. The van der Waals surface area contributed by atoms with Gasteiger partial charge in [-0.1, -0.05) is 35.5 Å². The van der Waals surface area contributed by atoms with Crippen LogP contribution in [0.4, 0.5) is 17.1 Å². The number of non-ortho nitro benzene ring substituents is 1. The Morgan fingerprint density at radius 2 is 1.82 bits per heavy atom. The highest BCUT2D eigenvalue weighted by Crippen LogP contribution is 2.27. The Labute approximate surface area is 228 Å². The Morgan fingerprint density at radius 1 is 1.08 bits per heavy atom. The van der Waals surface area contributed by atoms with Gasteiger partial charge >= 0.3 is 0 Å². The number of nitro groups is 1. The van der Waals surface area contributed by atoms with E-state index in [0.29, 0.717) is 34.0 Å². The van der Waals surface area contributed by atoms with Crippen LogP contribution in [0.1, 0.15) is 17.0 Å². The van der Waals surface area contributed by atoms with Crippen LogP contribution >= 0.6 is 23.4 Å². The number of carbonyl (C=O) groups excluding carboxylic acids is 1. The molecule has 1 amide bonds. The molecule has 12 heteroatoms. The zero-order chi connectivity index (χ0) is 27.2.